The van der Waals surface area contributed by atoms with E-state index in [2.05, 4.69) is 17.4 Å². The smallest absolute Gasteiger partial charge is 0.236 e. The standard InChI is InChI=1S/C15H20N2O2/c18-15(10-16-13-6-7-13)17-8-9-19-14(11-17)12-4-2-1-3-5-12/h1-5,13-14,16H,6-11H2. The molecule has 2 aliphatic rings. The summed E-state index contributed by atoms with van der Waals surface area (Å²) in [6, 6.07) is 10.7. The topological polar surface area (TPSA) is 41.6 Å². The number of nitrogens with one attached hydrogen (secondary N) is 1. The average Bonchev–Trinajstić information content (AvgIpc) is 3.30. The molecular formula is C15H20N2O2. The third-order valence-corrected chi connectivity index (χ3v) is 3.71. The molecular weight excluding hydrogens is 240 g/mol. The van der Waals surface area contributed by atoms with Gasteiger partial charge in [0.2, 0.25) is 5.91 Å². The van der Waals surface area contributed by atoms with Crippen molar-refractivity contribution in [3.63, 3.8) is 0 Å². The molecule has 1 saturated heterocycles. The molecule has 1 amide bonds. The van der Waals surface area contributed by atoms with Crippen LogP contribution in [-0.4, -0.2) is 43.1 Å². The van der Waals surface area contributed by atoms with Crippen LogP contribution in [0.3, 0.4) is 0 Å². The van der Waals surface area contributed by atoms with Gasteiger partial charge < -0.3 is 15.0 Å². The average molecular weight is 260 g/mol. The fraction of sp³-hybridized carbons (Fsp3) is 0.533. The lowest BCUT2D eigenvalue weighted by molar-refractivity contribution is -0.138. The Bertz CT molecular complexity index is 431. The maximum absolute atomic E-state index is 12.1. The number of nitrogens with zero attached hydrogens (tertiary/aromatic N) is 1. The Morgan fingerprint density at radius 1 is 1.32 bits per heavy atom. The molecule has 102 valence electrons. The minimum Gasteiger partial charge on any atom is -0.370 e. The molecule has 1 saturated carbocycles. The fourth-order valence-corrected chi connectivity index (χ4v) is 2.38. The van der Waals surface area contributed by atoms with Gasteiger partial charge in [-0.1, -0.05) is 30.3 Å². The Hall–Kier alpha value is -1.39. The van der Waals surface area contributed by atoms with Crippen LogP contribution in [0.1, 0.15) is 24.5 Å². The van der Waals surface area contributed by atoms with Crippen LogP contribution in [0.25, 0.3) is 0 Å². The number of carbonyl (C=O) groups excluding carboxylic acids is 1. The monoisotopic (exact) mass is 260 g/mol. The molecule has 1 aliphatic heterocycles. The van der Waals surface area contributed by atoms with Gasteiger partial charge in [0.15, 0.2) is 0 Å². The van der Waals surface area contributed by atoms with Crippen molar-refractivity contribution in [2.45, 2.75) is 25.0 Å². The van der Waals surface area contributed by atoms with Crippen LogP contribution in [0.4, 0.5) is 0 Å². The largest absolute Gasteiger partial charge is 0.370 e. The van der Waals surface area contributed by atoms with E-state index in [-0.39, 0.29) is 12.0 Å². The number of rotatable bonds is 4. The minimum absolute atomic E-state index is 0.0137. The first-order valence-corrected chi connectivity index (χ1v) is 7.00. The van der Waals surface area contributed by atoms with E-state index < -0.39 is 0 Å². The maximum Gasteiger partial charge on any atom is 0.236 e. The Morgan fingerprint density at radius 2 is 2.11 bits per heavy atom. The summed E-state index contributed by atoms with van der Waals surface area (Å²) in [6.45, 7) is 2.45. The summed E-state index contributed by atoms with van der Waals surface area (Å²) in [5.74, 6) is 0.191. The van der Waals surface area contributed by atoms with Crippen molar-refractivity contribution >= 4 is 5.91 Å². The predicted molar refractivity (Wildman–Crippen MR) is 72.7 cm³/mol. The van der Waals surface area contributed by atoms with E-state index in [4.69, 9.17) is 4.74 Å². The molecule has 19 heavy (non-hydrogen) atoms. The number of benzene rings is 1. The van der Waals surface area contributed by atoms with E-state index in [1.807, 2.05) is 23.1 Å². The number of ether oxygens (including phenoxy) is 1. The first kappa shape index (κ1) is 12.6. The van der Waals surface area contributed by atoms with Crippen molar-refractivity contribution in [2.24, 2.45) is 0 Å². The van der Waals surface area contributed by atoms with E-state index in [0.717, 1.165) is 5.56 Å². The summed E-state index contributed by atoms with van der Waals surface area (Å²) in [5, 5.41) is 3.28. The molecule has 4 heteroatoms. The lowest BCUT2D eigenvalue weighted by atomic mass is 10.1. The normalized spacial score (nSPS) is 23.4. The van der Waals surface area contributed by atoms with E-state index in [1.165, 1.54) is 12.8 Å². The molecule has 1 heterocycles. The van der Waals surface area contributed by atoms with Crippen molar-refractivity contribution in [1.29, 1.82) is 0 Å². The van der Waals surface area contributed by atoms with Gasteiger partial charge in [0.25, 0.3) is 0 Å². The highest BCUT2D eigenvalue weighted by atomic mass is 16.5. The first-order chi connectivity index (χ1) is 9.33. The summed E-state index contributed by atoms with van der Waals surface area (Å²) in [4.78, 5) is 14.0. The van der Waals surface area contributed by atoms with Gasteiger partial charge in [-0.15, -0.1) is 0 Å². The molecule has 0 bridgehead atoms. The zero-order valence-corrected chi connectivity index (χ0v) is 11.0. The molecule has 3 rings (SSSR count). The first-order valence-electron chi connectivity index (χ1n) is 7.00. The van der Waals surface area contributed by atoms with Crippen LogP contribution in [-0.2, 0) is 9.53 Å². The van der Waals surface area contributed by atoms with Crippen LogP contribution >= 0.6 is 0 Å². The highest BCUT2D eigenvalue weighted by molar-refractivity contribution is 5.78. The van der Waals surface area contributed by atoms with Crippen molar-refractivity contribution < 1.29 is 9.53 Å². The van der Waals surface area contributed by atoms with Crippen LogP contribution in [0.2, 0.25) is 0 Å². The Kier molecular flexibility index (Phi) is 3.80. The Balaban J connectivity index is 1.56. The highest BCUT2D eigenvalue weighted by Gasteiger charge is 2.27. The zero-order valence-electron chi connectivity index (χ0n) is 11.0. The molecule has 0 spiro atoms. The second-order valence-electron chi connectivity index (χ2n) is 5.27. The van der Waals surface area contributed by atoms with Crippen molar-refractivity contribution in [2.75, 3.05) is 26.2 Å². The summed E-state index contributed by atoms with van der Waals surface area (Å²) >= 11 is 0. The SMILES string of the molecule is O=C(CNC1CC1)N1CCOC(c2ccccc2)C1. The van der Waals surface area contributed by atoms with Gasteiger partial charge >= 0.3 is 0 Å². The Morgan fingerprint density at radius 3 is 2.84 bits per heavy atom. The van der Waals surface area contributed by atoms with Crippen LogP contribution in [0, 0.1) is 0 Å². The molecule has 4 nitrogen and oxygen atoms in total. The van der Waals surface area contributed by atoms with Gasteiger partial charge in [0.1, 0.15) is 6.10 Å². The van der Waals surface area contributed by atoms with Gasteiger partial charge in [-0.2, -0.15) is 0 Å². The molecule has 1 N–H and O–H groups in total. The van der Waals surface area contributed by atoms with Crippen molar-refractivity contribution in [3.8, 4) is 0 Å². The maximum atomic E-state index is 12.1. The summed E-state index contributed by atoms with van der Waals surface area (Å²) in [7, 11) is 0. The van der Waals surface area contributed by atoms with Gasteiger partial charge in [-0.3, -0.25) is 4.79 Å². The molecule has 1 atom stereocenters. The van der Waals surface area contributed by atoms with Crippen LogP contribution in [0.15, 0.2) is 30.3 Å². The second kappa shape index (κ2) is 5.72. The van der Waals surface area contributed by atoms with Crippen LogP contribution < -0.4 is 5.32 Å². The minimum atomic E-state index is 0.0137. The molecule has 0 radical (unpaired) electrons. The van der Waals surface area contributed by atoms with Crippen LogP contribution in [0.5, 0.6) is 0 Å². The van der Waals surface area contributed by atoms with E-state index in [1.54, 1.807) is 0 Å². The molecule has 1 unspecified atom stereocenters. The zero-order chi connectivity index (χ0) is 13.1. The van der Waals surface area contributed by atoms with Gasteiger partial charge in [-0.25, -0.2) is 0 Å². The highest BCUT2D eigenvalue weighted by Crippen LogP contribution is 2.22. The molecule has 1 aromatic rings. The molecule has 0 aromatic heterocycles. The molecule has 1 aromatic carbocycles. The number of hydrogen-bond donors (Lipinski definition) is 1. The molecule has 2 fully saturated rings. The fourth-order valence-electron chi connectivity index (χ4n) is 2.38. The third-order valence-electron chi connectivity index (χ3n) is 3.71. The summed E-state index contributed by atoms with van der Waals surface area (Å²) < 4.78 is 5.77. The molecule has 1 aliphatic carbocycles. The third kappa shape index (κ3) is 3.33. The summed E-state index contributed by atoms with van der Waals surface area (Å²) in [6.07, 6.45) is 2.44. The number of hydrogen-bond acceptors (Lipinski definition) is 3. The number of amides is 1. The quantitative estimate of drug-likeness (QED) is 0.888. The lowest BCUT2D eigenvalue weighted by Gasteiger charge is -2.33. The van der Waals surface area contributed by atoms with Gasteiger partial charge in [0.05, 0.1) is 19.7 Å². The van der Waals surface area contributed by atoms with Crippen molar-refractivity contribution in [1.82, 2.24) is 10.2 Å². The number of carbonyl (C=O) groups is 1. The number of morpholine rings is 1. The predicted octanol–water partition coefficient (Wildman–Crippen LogP) is 1.34. The van der Waals surface area contributed by atoms with Crippen molar-refractivity contribution in [3.05, 3.63) is 35.9 Å². The van der Waals surface area contributed by atoms with E-state index >= 15 is 0 Å². The lowest BCUT2D eigenvalue weighted by Crippen LogP contribution is -2.46. The van der Waals surface area contributed by atoms with Gasteiger partial charge in [0, 0.05) is 12.6 Å². The van der Waals surface area contributed by atoms with E-state index in [9.17, 15) is 4.79 Å². The van der Waals surface area contributed by atoms with E-state index in [0.29, 0.717) is 32.3 Å². The second-order valence-corrected chi connectivity index (χ2v) is 5.27. The summed E-state index contributed by atoms with van der Waals surface area (Å²) in [5.41, 5.74) is 1.15. The van der Waals surface area contributed by atoms with Gasteiger partial charge in [-0.05, 0) is 18.4 Å². The Labute approximate surface area is 113 Å².